The van der Waals surface area contributed by atoms with E-state index < -0.39 is 5.97 Å². The van der Waals surface area contributed by atoms with Crippen LogP contribution >= 0.6 is 0 Å². The lowest BCUT2D eigenvalue weighted by Gasteiger charge is -2.12. The van der Waals surface area contributed by atoms with Gasteiger partial charge in [0, 0.05) is 0 Å². The summed E-state index contributed by atoms with van der Waals surface area (Å²) in [7, 11) is 3.02. The van der Waals surface area contributed by atoms with Gasteiger partial charge in [-0.1, -0.05) is 18.2 Å². The molecular weight excluding hydrogens is 426 g/mol. The number of hydrazone groups is 1. The number of benzene rings is 3. The van der Waals surface area contributed by atoms with Gasteiger partial charge in [0.1, 0.15) is 5.75 Å². The highest BCUT2D eigenvalue weighted by Crippen LogP contribution is 2.28. The molecule has 0 radical (unpaired) electrons. The average Bonchev–Trinajstić information content (AvgIpc) is 2.83. The van der Waals surface area contributed by atoms with Crippen molar-refractivity contribution in [2.24, 2.45) is 5.10 Å². The molecule has 0 bridgehead atoms. The van der Waals surface area contributed by atoms with E-state index >= 15 is 0 Å². The van der Waals surface area contributed by atoms with Crippen LogP contribution in [0.4, 0.5) is 11.4 Å². The van der Waals surface area contributed by atoms with Gasteiger partial charge in [0.25, 0.3) is 5.91 Å². The summed E-state index contributed by atoms with van der Waals surface area (Å²) < 4.78 is 16.2. The van der Waals surface area contributed by atoms with Crippen molar-refractivity contribution in [2.45, 2.75) is 0 Å². The number of aromatic carboxylic acids is 1. The molecule has 0 spiro atoms. The monoisotopic (exact) mass is 449 g/mol. The molecule has 0 aliphatic carbocycles. The normalized spacial score (nSPS) is 10.5. The first-order chi connectivity index (χ1) is 16.0. The van der Waals surface area contributed by atoms with Crippen molar-refractivity contribution < 1.29 is 28.9 Å². The molecule has 0 heterocycles. The molecular formula is C24H23N3O6. The summed E-state index contributed by atoms with van der Waals surface area (Å²) in [5.41, 5.74) is 4.74. The fourth-order valence-electron chi connectivity index (χ4n) is 2.86. The smallest absolute Gasteiger partial charge is 0.335 e. The Morgan fingerprint density at radius 1 is 0.939 bits per heavy atom. The lowest BCUT2D eigenvalue weighted by atomic mass is 10.2. The van der Waals surface area contributed by atoms with Gasteiger partial charge in [-0.25, -0.2) is 4.79 Å². The first-order valence-electron chi connectivity index (χ1n) is 9.86. The standard InChI is InChI=1S/C24H23N3O6/c1-31-20-9-4-3-8-19(20)26-23(28)15-33-21-11-10-16(12-22(21)32-2)14-25-27-18-7-5-6-17(13-18)24(29)30/h3-14,27H,15H2,1-2H3,(H,26,28)(H,29,30)/b25-14+. The van der Waals surface area contributed by atoms with E-state index in [2.05, 4.69) is 15.8 Å². The van der Waals surface area contributed by atoms with Crippen molar-refractivity contribution in [3.05, 3.63) is 77.9 Å². The van der Waals surface area contributed by atoms with Crippen LogP contribution in [0.25, 0.3) is 0 Å². The summed E-state index contributed by atoms with van der Waals surface area (Å²) in [6.07, 6.45) is 1.55. The van der Waals surface area contributed by atoms with Gasteiger partial charge < -0.3 is 24.6 Å². The van der Waals surface area contributed by atoms with Gasteiger partial charge in [-0.05, 0) is 54.1 Å². The van der Waals surface area contributed by atoms with E-state index in [1.165, 1.54) is 26.4 Å². The van der Waals surface area contributed by atoms with Gasteiger partial charge >= 0.3 is 5.97 Å². The quantitative estimate of drug-likeness (QED) is 0.318. The molecule has 0 saturated heterocycles. The fraction of sp³-hybridized carbons (Fsp3) is 0.125. The number of carbonyl (C=O) groups excluding carboxylic acids is 1. The van der Waals surface area contributed by atoms with E-state index in [9.17, 15) is 9.59 Å². The van der Waals surface area contributed by atoms with Crippen LogP contribution < -0.4 is 25.0 Å². The number of carboxylic acids is 1. The zero-order chi connectivity index (χ0) is 23.6. The highest BCUT2D eigenvalue weighted by atomic mass is 16.5. The number of anilines is 2. The van der Waals surface area contributed by atoms with Crippen LogP contribution in [0.2, 0.25) is 0 Å². The molecule has 0 atom stereocenters. The van der Waals surface area contributed by atoms with E-state index in [0.717, 1.165) is 0 Å². The molecule has 3 rings (SSSR count). The zero-order valence-electron chi connectivity index (χ0n) is 18.1. The van der Waals surface area contributed by atoms with Gasteiger partial charge in [0.15, 0.2) is 18.1 Å². The Hall–Kier alpha value is -4.53. The molecule has 0 aliphatic heterocycles. The number of hydrogen-bond acceptors (Lipinski definition) is 7. The van der Waals surface area contributed by atoms with Crippen LogP contribution in [0, 0.1) is 0 Å². The molecule has 0 fully saturated rings. The molecule has 3 aromatic carbocycles. The molecule has 0 unspecified atom stereocenters. The molecule has 33 heavy (non-hydrogen) atoms. The summed E-state index contributed by atoms with van der Waals surface area (Å²) in [6.45, 7) is -0.219. The van der Waals surface area contributed by atoms with Crippen LogP contribution in [0.15, 0.2) is 71.8 Å². The number of carboxylic acid groups (broad SMARTS) is 1. The molecule has 3 N–H and O–H groups in total. The average molecular weight is 449 g/mol. The minimum absolute atomic E-state index is 0.160. The Labute approximate surface area is 190 Å². The van der Waals surface area contributed by atoms with E-state index in [4.69, 9.17) is 19.3 Å². The third-order valence-electron chi connectivity index (χ3n) is 4.44. The van der Waals surface area contributed by atoms with Crippen molar-refractivity contribution in [3.63, 3.8) is 0 Å². The number of amides is 1. The first kappa shape index (κ1) is 23.1. The summed E-state index contributed by atoms with van der Waals surface area (Å²) in [4.78, 5) is 23.3. The number of hydrogen-bond donors (Lipinski definition) is 3. The van der Waals surface area contributed by atoms with E-state index in [1.807, 2.05) is 6.07 Å². The maximum Gasteiger partial charge on any atom is 0.335 e. The summed E-state index contributed by atoms with van der Waals surface area (Å²) in [5.74, 6) is 0.0127. The molecule has 9 heteroatoms. The van der Waals surface area contributed by atoms with Crippen LogP contribution in [0.3, 0.4) is 0 Å². The number of methoxy groups -OCH3 is 2. The Balaban J connectivity index is 1.60. The molecule has 9 nitrogen and oxygen atoms in total. The van der Waals surface area contributed by atoms with E-state index in [0.29, 0.717) is 34.2 Å². The second-order valence-electron chi connectivity index (χ2n) is 6.70. The topological polar surface area (TPSA) is 118 Å². The van der Waals surface area contributed by atoms with Crippen molar-refractivity contribution in [1.82, 2.24) is 0 Å². The van der Waals surface area contributed by atoms with Crippen molar-refractivity contribution in [3.8, 4) is 17.2 Å². The highest BCUT2D eigenvalue weighted by molar-refractivity contribution is 5.93. The predicted octanol–water partition coefficient (Wildman–Crippen LogP) is 3.87. The third kappa shape index (κ3) is 6.47. The van der Waals surface area contributed by atoms with E-state index in [1.54, 1.807) is 54.7 Å². The van der Waals surface area contributed by atoms with Crippen molar-refractivity contribution in [2.75, 3.05) is 31.6 Å². The minimum atomic E-state index is -1.01. The predicted molar refractivity (Wildman–Crippen MR) is 125 cm³/mol. The fourth-order valence-corrected chi connectivity index (χ4v) is 2.86. The number of nitrogens with one attached hydrogen (secondary N) is 2. The maximum absolute atomic E-state index is 12.3. The summed E-state index contributed by atoms with van der Waals surface area (Å²) in [6, 6.07) is 18.5. The number of para-hydroxylation sites is 2. The Bertz CT molecular complexity index is 1160. The second kappa shape index (κ2) is 11.2. The molecule has 0 aromatic heterocycles. The third-order valence-corrected chi connectivity index (χ3v) is 4.44. The number of rotatable bonds is 10. The van der Waals surface area contributed by atoms with Gasteiger partial charge in [0.05, 0.1) is 37.4 Å². The minimum Gasteiger partial charge on any atom is -0.495 e. The molecule has 3 aromatic rings. The Morgan fingerprint density at radius 2 is 1.73 bits per heavy atom. The SMILES string of the molecule is COc1ccccc1NC(=O)COc1ccc(/C=N/Nc2cccc(C(=O)O)c2)cc1OC. The van der Waals surface area contributed by atoms with Gasteiger partial charge in [-0.3, -0.25) is 10.2 Å². The first-order valence-corrected chi connectivity index (χ1v) is 9.86. The summed E-state index contributed by atoms with van der Waals surface area (Å²) >= 11 is 0. The van der Waals surface area contributed by atoms with Crippen LogP contribution in [0.1, 0.15) is 15.9 Å². The van der Waals surface area contributed by atoms with Gasteiger partial charge in [-0.15, -0.1) is 0 Å². The number of carbonyl (C=O) groups is 2. The van der Waals surface area contributed by atoms with Crippen molar-refractivity contribution >= 4 is 29.5 Å². The summed E-state index contributed by atoms with van der Waals surface area (Å²) in [5, 5.41) is 15.9. The van der Waals surface area contributed by atoms with Crippen molar-refractivity contribution in [1.29, 1.82) is 0 Å². The maximum atomic E-state index is 12.3. The zero-order valence-corrected chi connectivity index (χ0v) is 18.1. The molecule has 0 saturated carbocycles. The van der Waals surface area contributed by atoms with Crippen LogP contribution in [0.5, 0.6) is 17.2 Å². The Kier molecular flexibility index (Phi) is 7.85. The van der Waals surface area contributed by atoms with Crippen LogP contribution in [-0.4, -0.2) is 44.0 Å². The number of nitrogens with zero attached hydrogens (tertiary/aromatic N) is 1. The van der Waals surface area contributed by atoms with E-state index in [-0.39, 0.29) is 18.1 Å². The lowest BCUT2D eigenvalue weighted by molar-refractivity contribution is -0.118. The highest BCUT2D eigenvalue weighted by Gasteiger charge is 2.11. The second-order valence-corrected chi connectivity index (χ2v) is 6.70. The molecule has 1 amide bonds. The van der Waals surface area contributed by atoms with Crippen LogP contribution in [-0.2, 0) is 4.79 Å². The largest absolute Gasteiger partial charge is 0.495 e. The molecule has 0 aliphatic rings. The Morgan fingerprint density at radius 3 is 2.48 bits per heavy atom. The lowest BCUT2D eigenvalue weighted by Crippen LogP contribution is -2.20. The molecule has 170 valence electrons. The van der Waals surface area contributed by atoms with Gasteiger partial charge in [-0.2, -0.15) is 5.10 Å². The van der Waals surface area contributed by atoms with Gasteiger partial charge in [0.2, 0.25) is 0 Å². The number of ether oxygens (including phenoxy) is 3.